The summed E-state index contributed by atoms with van der Waals surface area (Å²) in [6.45, 7) is 5.22. The third-order valence-electron chi connectivity index (χ3n) is 13.6. The number of ether oxygens (including phenoxy) is 6. The normalized spacial score (nSPS) is 18.5. The van der Waals surface area contributed by atoms with Crippen LogP contribution in [-0.4, -0.2) is 175 Å². The maximum atomic E-state index is 13.9. The highest BCUT2D eigenvalue weighted by atomic mass is 35.5. The number of aliphatic hydroxyl groups excluding tert-OH is 1. The van der Waals surface area contributed by atoms with Gasteiger partial charge in [0.05, 0.1) is 89.7 Å². The van der Waals surface area contributed by atoms with Crippen LogP contribution in [0.5, 0.6) is 0 Å². The number of carbonyl (C=O) groups is 2. The van der Waals surface area contributed by atoms with Crippen molar-refractivity contribution in [2.45, 2.75) is 58.5 Å². The van der Waals surface area contributed by atoms with Gasteiger partial charge in [0.2, 0.25) is 20.0 Å². The van der Waals surface area contributed by atoms with Gasteiger partial charge in [-0.15, -0.1) is 22.7 Å². The molecular formula is C54H70Cl2F2N8O13S4. The zero-order valence-corrected chi connectivity index (χ0v) is 50.2. The number of hydrogen-bond donors (Lipinski definition) is 3. The molecule has 0 aliphatic carbocycles. The number of nitrogens with zero attached hydrogens (tertiary/aromatic N) is 6. The highest BCUT2D eigenvalue weighted by Crippen LogP contribution is 2.42. The van der Waals surface area contributed by atoms with Gasteiger partial charge >= 0.3 is 11.9 Å². The Kier molecular flexibility index (Phi) is 26.4. The summed E-state index contributed by atoms with van der Waals surface area (Å²) in [6, 6.07) is 6.11. The molecule has 0 radical (unpaired) electrons. The van der Waals surface area contributed by atoms with E-state index in [4.69, 9.17) is 66.7 Å². The van der Waals surface area contributed by atoms with Gasteiger partial charge in [-0.2, -0.15) is 0 Å². The molecule has 0 saturated carbocycles. The summed E-state index contributed by atoms with van der Waals surface area (Å²) in [7, 11) is -4.54. The Morgan fingerprint density at radius 1 is 0.639 bits per heavy atom. The molecule has 6 heterocycles. The molecule has 2 aromatic carbocycles. The van der Waals surface area contributed by atoms with Crippen molar-refractivity contribution >= 4 is 89.5 Å². The van der Waals surface area contributed by atoms with Gasteiger partial charge in [0.1, 0.15) is 23.7 Å². The van der Waals surface area contributed by atoms with Gasteiger partial charge < -0.3 is 44.2 Å². The number of thiazole rings is 2. The van der Waals surface area contributed by atoms with Gasteiger partial charge in [0.25, 0.3) is 0 Å². The second-order valence-corrected chi connectivity index (χ2v) is 25.6. The molecular weight excluding hydrogens is 1210 g/mol. The number of nitrogens with one attached hydrogen (secondary N) is 2. The summed E-state index contributed by atoms with van der Waals surface area (Å²) < 4.78 is 114. The molecule has 2 atom stereocenters. The van der Waals surface area contributed by atoms with E-state index in [0.29, 0.717) is 89.7 Å². The van der Waals surface area contributed by atoms with Crippen molar-refractivity contribution in [1.82, 2.24) is 29.2 Å². The van der Waals surface area contributed by atoms with E-state index >= 15 is 0 Å². The smallest absolute Gasteiger partial charge is 0.338 e. The zero-order valence-electron chi connectivity index (χ0n) is 45.4. The van der Waals surface area contributed by atoms with Gasteiger partial charge in [-0.1, -0.05) is 49.7 Å². The van der Waals surface area contributed by atoms with Gasteiger partial charge in [0, 0.05) is 100 Å². The van der Waals surface area contributed by atoms with Crippen LogP contribution >= 0.6 is 45.9 Å². The van der Waals surface area contributed by atoms with Crippen molar-refractivity contribution in [3.05, 3.63) is 125 Å². The fourth-order valence-corrected chi connectivity index (χ4v) is 13.9. The third kappa shape index (κ3) is 18.1. The highest BCUT2D eigenvalue weighted by Gasteiger charge is 2.41. The lowest BCUT2D eigenvalue weighted by molar-refractivity contribution is -0.137. The Bertz CT molecular complexity index is 2930. The molecule has 2 saturated heterocycles. The van der Waals surface area contributed by atoms with Gasteiger partial charge in [-0.3, -0.25) is 9.98 Å². The number of carbonyl (C=O) groups excluding carboxylic acids is 2. The lowest BCUT2D eigenvalue weighted by Gasteiger charge is -2.36. The van der Waals surface area contributed by atoms with Gasteiger partial charge in [-0.25, -0.2) is 53.8 Å². The molecule has 21 nitrogen and oxygen atoms in total. The number of aliphatic hydroxyl groups is 1. The largest absolute Gasteiger partial charge is 0.466 e. The van der Waals surface area contributed by atoms with Crippen LogP contribution in [0.25, 0.3) is 0 Å². The van der Waals surface area contributed by atoms with Crippen molar-refractivity contribution in [3.63, 3.8) is 0 Å². The summed E-state index contributed by atoms with van der Waals surface area (Å²) >= 11 is 15.6. The predicted octanol–water partition coefficient (Wildman–Crippen LogP) is 7.10. The van der Waals surface area contributed by atoms with E-state index < -0.39 is 55.7 Å². The zero-order chi connectivity index (χ0) is 58.8. The van der Waals surface area contributed by atoms with E-state index in [-0.39, 0.29) is 118 Å². The number of sulfonamides is 2. The van der Waals surface area contributed by atoms with Crippen molar-refractivity contribution < 1.29 is 68.7 Å². The Balaban J connectivity index is 0.000000263. The second kappa shape index (κ2) is 32.6. The number of benzene rings is 2. The molecule has 83 heavy (non-hydrogen) atoms. The molecule has 0 spiro atoms. The maximum absolute atomic E-state index is 13.9. The lowest BCUT2D eigenvalue weighted by Crippen LogP contribution is -2.44. The fourth-order valence-electron chi connectivity index (χ4n) is 9.52. The van der Waals surface area contributed by atoms with Crippen molar-refractivity contribution in [1.29, 1.82) is 0 Å². The minimum atomic E-state index is -3.56. The molecule has 4 aliphatic rings. The number of esters is 2. The number of amidine groups is 2. The minimum Gasteiger partial charge on any atom is -0.466 e. The molecule has 456 valence electrons. The first kappa shape index (κ1) is 67.2. The average molecular weight is 1280 g/mol. The van der Waals surface area contributed by atoms with E-state index in [1.165, 1.54) is 81.9 Å². The fraction of sp³-hybridized carbons (Fsp3) is 0.519. The number of rotatable bonds is 26. The van der Waals surface area contributed by atoms with Gasteiger partial charge in [-0.05, 0) is 56.4 Å². The number of allylic oxidation sites excluding steroid dienone is 2. The monoisotopic (exact) mass is 1270 g/mol. The molecule has 0 bridgehead atoms. The Morgan fingerprint density at radius 3 is 1.36 bits per heavy atom. The summed E-state index contributed by atoms with van der Waals surface area (Å²) in [5, 5.41) is 20.3. The first-order valence-electron chi connectivity index (χ1n) is 26.4. The van der Waals surface area contributed by atoms with Crippen LogP contribution in [0.4, 0.5) is 8.78 Å². The van der Waals surface area contributed by atoms with Crippen LogP contribution in [0.15, 0.2) is 92.1 Å². The number of aromatic nitrogens is 2. The molecule has 4 aromatic rings. The minimum absolute atomic E-state index is 0. The molecule has 8 rings (SSSR count). The van der Waals surface area contributed by atoms with Crippen LogP contribution in [0.3, 0.4) is 0 Å². The van der Waals surface area contributed by atoms with E-state index in [2.05, 4.69) is 20.6 Å². The molecule has 2 fully saturated rings. The number of hydrogen-bond acceptors (Lipinski definition) is 21. The second-order valence-electron chi connectivity index (χ2n) is 18.8. The topological polar surface area (TPSA) is 259 Å². The standard InChI is InChI=1S/C27H34ClFN4O6S2.C26H32ClFN4O7S2.CH4/c1-3-11-38-12-13-39-14-16-41(35,36)33-9-6-18(7-10-33)23-22(27(34)37-2)24(20-5-4-19(29)17-21(20)28)32-25(31-23)26-30-8-15-40-26;1-37-26(34)21-22(17-4-7-32(8-5-17)41(35,36)15-13-39-12-11-38-10-9-33)30-24(25-29-6-14-40-25)31-23(21)19-3-2-18(28)16-20(19)27;/h4-5,8,15,17-18,24H,3,6-7,9-14,16H2,1-2H3,(H,31,32);2-3,6,14,16-17,23,33H,4-5,7-13,15H2,1H3,(H,30,31);1H4. The highest BCUT2D eigenvalue weighted by molar-refractivity contribution is 7.89. The summed E-state index contributed by atoms with van der Waals surface area (Å²) in [5.74, 6) is -2.07. The quantitative estimate of drug-likeness (QED) is 0.0418. The van der Waals surface area contributed by atoms with E-state index in [0.717, 1.165) is 6.42 Å². The number of halogens is 4. The molecule has 3 N–H and O–H groups in total. The van der Waals surface area contributed by atoms with Gasteiger partial charge in [0.15, 0.2) is 21.7 Å². The summed E-state index contributed by atoms with van der Waals surface area (Å²) in [6.07, 6.45) is 6.00. The van der Waals surface area contributed by atoms with Crippen molar-refractivity contribution in [2.24, 2.45) is 21.8 Å². The predicted molar refractivity (Wildman–Crippen MR) is 314 cm³/mol. The first-order chi connectivity index (χ1) is 39.5. The number of methoxy groups -OCH3 is 2. The Hall–Kier alpha value is -4.88. The number of piperidine rings is 2. The van der Waals surface area contributed by atoms with Crippen molar-refractivity contribution in [2.75, 3.05) is 111 Å². The number of aliphatic imine (C=N–C) groups is 2. The van der Waals surface area contributed by atoms with Crippen LogP contribution in [0.1, 0.15) is 79.7 Å². The Morgan fingerprint density at radius 2 is 1.02 bits per heavy atom. The van der Waals surface area contributed by atoms with E-state index in [1.54, 1.807) is 17.8 Å². The van der Waals surface area contributed by atoms with E-state index in [9.17, 15) is 35.2 Å². The third-order valence-corrected chi connectivity index (χ3v) is 19.4. The van der Waals surface area contributed by atoms with Crippen LogP contribution in [-0.2, 0) is 58.1 Å². The lowest BCUT2D eigenvalue weighted by atomic mass is 9.86. The molecule has 29 heteroatoms. The van der Waals surface area contributed by atoms with Crippen molar-refractivity contribution in [3.8, 4) is 0 Å². The summed E-state index contributed by atoms with van der Waals surface area (Å²) in [4.78, 5) is 44.6. The molecule has 0 amide bonds. The first-order valence-corrected chi connectivity index (χ1v) is 32.1. The SMILES string of the molecule is C.CCCOCCOCCS(=O)(=O)N1CCC(C2=C(C(=O)OC)C(c3ccc(F)cc3Cl)N=C(c3nccs3)N2)CC1.COC(=O)C1=C(C2CCN(S(=O)(=O)CCOCCOCCO)CC2)NC(c2nccs2)=NC1c1ccc(F)cc1Cl. The van der Waals surface area contributed by atoms with E-state index in [1.807, 2.05) is 12.3 Å². The molecule has 2 unspecified atom stereocenters. The molecule has 4 aliphatic heterocycles. The Labute approximate surface area is 501 Å². The van der Waals surface area contributed by atoms with Crippen LogP contribution in [0.2, 0.25) is 10.0 Å². The van der Waals surface area contributed by atoms with Crippen LogP contribution in [0, 0.1) is 23.5 Å². The molecule has 2 aromatic heterocycles. The average Bonchev–Trinajstić information content (AvgIpc) is 3.91. The van der Waals surface area contributed by atoms with Crippen LogP contribution < -0.4 is 10.6 Å². The summed E-state index contributed by atoms with van der Waals surface area (Å²) in [5.41, 5.74) is 2.51. The maximum Gasteiger partial charge on any atom is 0.338 e.